The number of nitrogens with two attached hydrogens (primary N) is 1. The van der Waals surface area contributed by atoms with Crippen molar-refractivity contribution in [2.24, 2.45) is 11.1 Å². The lowest BCUT2D eigenvalue weighted by Gasteiger charge is -2.31. The predicted molar refractivity (Wildman–Crippen MR) is 80.0 cm³/mol. The van der Waals surface area contributed by atoms with E-state index in [0.29, 0.717) is 0 Å². The Morgan fingerprint density at radius 2 is 1.72 bits per heavy atom. The van der Waals surface area contributed by atoms with Gasteiger partial charge in [-0.1, -0.05) is 62.7 Å². The molecule has 0 saturated heterocycles. The molecule has 2 aromatic rings. The highest BCUT2D eigenvalue weighted by atomic mass is 35.5. The Bertz CT molecular complexity index is 560. The summed E-state index contributed by atoms with van der Waals surface area (Å²) in [5.74, 6) is 0. The minimum absolute atomic E-state index is 0.0182. The van der Waals surface area contributed by atoms with Crippen LogP contribution in [0, 0.1) is 5.41 Å². The first-order valence-corrected chi connectivity index (χ1v) is 6.78. The van der Waals surface area contributed by atoms with Gasteiger partial charge in [0.1, 0.15) is 0 Å². The predicted octanol–water partition coefficient (Wildman–Crippen LogP) is 4.93. The summed E-state index contributed by atoms with van der Waals surface area (Å²) in [5, 5.41) is 3.04. The fourth-order valence-electron chi connectivity index (χ4n) is 2.20. The van der Waals surface area contributed by atoms with E-state index >= 15 is 0 Å². The summed E-state index contributed by atoms with van der Waals surface area (Å²) in [6, 6.07) is 12.2. The molecule has 0 fully saturated rings. The van der Waals surface area contributed by atoms with E-state index in [4.69, 9.17) is 17.3 Å². The summed E-state index contributed by atoms with van der Waals surface area (Å²) in [5.41, 5.74) is 7.72. The molecule has 0 spiro atoms. The van der Waals surface area contributed by atoms with E-state index in [1.807, 2.05) is 24.3 Å². The van der Waals surface area contributed by atoms with Crippen molar-refractivity contribution < 1.29 is 0 Å². The van der Waals surface area contributed by atoms with Gasteiger partial charge in [0.15, 0.2) is 0 Å². The number of hydrogen-bond acceptors (Lipinski definition) is 1. The zero-order chi connectivity index (χ0) is 13.3. The summed E-state index contributed by atoms with van der Waals surface area (Å²) in [6.07, 6.45) is 1.05. The third kappa shape index (κ3) is 2.25. The van der Waals surface area contributed by atoms with Crippen molar-refractivity contribution >= 4 is 22.4 Å². The molecule has 96 valence electrons. The lowest BCUT2D eigenvalue weighted by Crippen LogP contribution is -2.28. The van der Waals surface area contributed by atoms with Gasteiger partial charge in [-0.3, -0.25) is 0 Å². The first-order valence-electron chi connectivity index (χ1n) is 6.40. The van der Waals surface area contributed by atoms with Crippen molar-refractivity contribution in [3.8, 4) is 0 Å². The highest BCUT2D eigenvalue weighted by molar-refractivity contribution is 6.35. The molecule has 2 aromatic carbocycles. The summed E-state index contributed by atoms with van der Waals surface area (Å²) in [4.78, 5) is 0. The third-order valence-corrected chi connectivity index (χ3v) is 4.32. The maximum Gasteiger partial charge on any atom is 0.0484 e. The van der Waals surface area contributed by atoms with Gasteiger partial charge in [-0.05, 0) is 28.9 Å². The molecule has 18 heavy (non-hydrogen) atoms. The van der Waals surface area contributed by atoms with Crippen LogP contribution in [0.15, 0.2) is 36.4 Å². The molecule has 2 heteroatoms. The molecule has 0 aliphatic rings. The van der Waals surface area contributed by atoms with Gasteiger partial charge in [-0.15, -0.1) is 0 Å². The maximum atomic E-state index is 6.46. The van der Waals surface area contributed by atoms with Gasteiger partial charge in [-0.2, -0.15) is 0 Å². The summed E-state index contributed by atoms with van der Waals surface area (Å²) >= 11 is 6.24. The number of benzene rings is 2. The zero-order valence-electron chi connectivity index (χ0n) is 11.2. The van der Waals surface area contributed by atoms with E-state index in [0.717, 1.165) is 16.8 Å². The molecule has 0 aliphatic heterocycles. The lowest BCUT2D eigenvalue weighted by atomic mass is 9.78. The van der Waals surface area contributed by atoms with Crippen molar-refractivity contribution in [1.82, 2.24) is 0 Å². The second kappa shape index (κ2) is 4.91. The van der Waals surface area contributed by atoms with E-state index in [1.165, 1.54) is 10.9 Å². The average Bonchev–Trinajstić information content (AvgIpc) is 2.39. The molecule has 1 atom stereocenters. The van der Waals surface area contributed by atoms with Gasteiger partial charge in [0.05, 0.1) is 0 Å². The van der Waals surface area contributed by atoms with Crippen LogP contribution >= 0.6 is 11.6 Å². The van der Waals surface area contributed by atoms with Crippen molar-refractivity contribution in [3.63, 3.8) is 0 Å². The van der Waals surface area contributed by atoms with Crippen molar-refractivity contribution in [2.45, 2.75) is 33.2 Å². The van der Waals surface area contributed by atoms with Crippen LogP contribution in [0.2, 0.25) is 5.02 Å². The van der Waals surface area contributed by atoms with Crippen LogP contribution in [0.25, 0.3) is 10.8 Å². The molecule has 1 nitrogen and oxygen atoms in total. The summed E-state index contributed by atoms with van der Waals surface area (Å²) < 4.78 is 0. The van der Waals surface area contributed by atoms with Crippen LogP contribution in [-0.4, -0.2) is 0 Å². The van der Waals surface area contributed by atoms with Crippen LogP contribution in [-0.2, 0) is 0 Å². The topological polar surface area (TPSA) is 26.0 Å². The van der Waals surface area contributed by atoms with Crippen LogP contribution in [0.3, 0.4) is 0 Å². The largest absolute Gasteiger partial charge is 0.323 e. The van der Waals surface area contributed by atoms with E-state index in [1.54, 1.807) is 0 Å². The van der Waals surface area contributed by atoms with E-state index < -0.39 is 0 Å². The molecule has 2 rings (SSSR count). The Balaban J connectivity index is 2.62. The third-order valence-electron chi connectivity index (χ3n) is 3.99. The molecule has 2 N–H and O–H groups in total. The Morgan fingerprint density at radius 1 is 1.11 bits per heavy atom. The number of halogens is 1. The second-order valence-electron chi connectivity index (χ2n) is 5.50. The minimum Gasteiger partial charge on any atom is -0.323 e. The first-order chi connectivity index (χ1) is 8.47. The van der Waals surface area contributed by atoms with Crippen LogP contribution in [0.5, 0.6) is 0 Å². The van der Waals surface area contributed by atoms with Crippen molar-refractivity contribution in [2.75, 3.05) is 0 Å². The van der Waals surface area contributed by atoms with Crippen LogP contribution < -0.4 is 5.73 Å². The number of rotatable bonds is 3. The molecule has 0 aromatic heterocycles. The number of fused-ring (bicyclic) bond motifs is 1. The smallest absolute Gasteiger partial charge is 0.0484 e. The van der Waals surface area contributed by atoms with E-state index in [9.17, 15) is 0 Å². The van der Waals surface area contributed by atoms with E-state index in [2.05, 4.69) is 32.9 Å². The first kappa shape index (κ1) is 13.4. The van der Waals surface area contributed by atoms with Crippen molar-refractivity contribution in [3.05, 3.63) is 47.0 Å². The normalized spacial score (nSPS) is 13.8. The van der Waals surface area contributed by atoms with Crippen LogP contribution in [0.1, 0.15) is 38.8 Å². The van der Waals surface area contributed by atoms with Gasteiger partial charge < -0.3 is 5.73 Å². The Morgan fingerprint density at radius 3 is 2.33 bits per heavy atom. The molecule has 1 unspecified atom stereocenters. The Kier molecular flexibility index (Phi) is 3.65. The molecule has 0 saturated carbocycles. The standard InChI is InChI=1S/C16H20ClN/c1-4-16(2,3)15(18)13-9-10-14(17)12-8-6-5-7-11(12)13/h5-10,15H,4,18H2,1-3H3. The fraction of sp³-hybridized carbons (Fsp3) is 0.375. The average molecular weight is 262 g/mol. The minimum atomic E-state index is 0.0182. The number of hydrogen-bond donors (Lipinski definition) is 1. The second-order valence-corrected chi connectivity index (χ2v) is 5.91. The van der Waals surface area contributed by atoms with Gasteiger partial charge in [0.25, 0.3) is 0 Å². The van der Waals surface area contributed by atoms with Crippen LogP contribution in [0.4, 0.5) is 0 Å². The molecule has 0 radical (unpaired) electrons. The van der Waals surface area contributed by atoms with Crippen molar-refractivity contribution in [1.29, 1.82) is 0 Å². The lowest BCUT2D eigenvalue weighted by molar-refractivity contribution is 0.280. The molecule has 0 bridgehead atoms. The highest BCUT2D eigenvalue weighted by Gasteiger charge is 2.27. The molecular weight excluding hydrogens is 242 g/mol. The van der Waals surface area contributed by atoms with Gasteiger partial charge >= 0.3 is 0 Å². The molecule has 0 aliphatic carbocycles. The van der Waals surface area contributed by atoms with Gasteiger partial charge in [-0.25, -0.2) is 0 Å². The van der Waals surface area contributed by atoms with E-state index in [-0.39, 0.29) is 11.5 Å². The highest BCUT2D eigenvalue weighted by Crippen LogP contribution is 2.38. The summed E-state index contributed by atoms with van der Waals surface area (Å²) in [7, 11) is 0. The Hall–Kier alpha value is -1.05. The monoisotopic (exact) mass is 261 g/mol. The molecule has 0 amide bonds. The SMILES string of the molecule is CCC(C)(C)C(N)c1ccc(Cl)c2ccccc12. The van der Waals surface area contributed by atoms with Gasteiger partial charge in [0, 0.05) is 16.5 Å². The van der Waals surface area contributed by atoms with Gasteiger partial charge in [0.2, 0.25) is 0 Å². The molecule has 0 heterocycles. The summed E-state index contributed by atoms with van der Waals surface area (Å²) in [6.45, 7) is 6.60. The maximum absolute atomic E-state index is 6.46. The molecular formula is C16H20ClN. The Labute approximate surface area is 114 Å². The fourth-order valence-corrected chi connectivity index (χ4v) is 2.43. The quantitative estimate of drug-likeness (QED) is 0.833. The zero-order valence-corrected chi connectivity index (χ0v) is 12.0.